The molecule has 7 rings (SSSR count). The Morgan fingerprint density at radius 3 is 2.27 bits per heavy atom. The fourth-order valence-electron chi connectivity index (χ4n) is 6.67. The molecule has 208 valence electrons. The van der Waals surface area contributed by atoms with Gasteiger partial charge in [0.15, 0.2) is 0 Å². The van der Waals surface area contributed by atoms with E-state index < -0.39 is 0 Å². The molecule has 0 bridgehead atoms. The van der Waals surface area contributed by atoms with Crippen LogP contribution in [0.4, 0.5) is 17.1 Å². The lowest BCUT2D eigenvalue weighted by atomic mass is 10.0. The van der Waals surface area contributed by atoms with Crippen molar-refractivity contribution >= 4 is 34.7 Å². The average Bonchev–Trinajstić information content (AvgIpc) is 3.57. The third-order valence-corrected chi connectivity index (χ3v) is 10.0. The molecule has 41 heavy (non-hydrogen) atoms. The first-order valence-corrected chi connectivity index (χ1v) is 15.4. The average molecular weight is 562 g/mol. The van der Waals surface area contributed by atoms with E-state index in [4.69, 9.17) is 4.74 Å². The molecule has 4 aromatic carbocycles. The van der Waals surface area contributed by atoms with E-state index in [1.54, 1.807) is 7.11 Å². The number of hydrogen-bond acceptors (Lipinski definition) is 5. The predicted molar refractivity (Wildman–Crippen MR) is 168 cm³/mol. The number of nitrogens with one attached hydrogen (secondary N) is 2. The molecule has 4 aromatic rings. The van der Waals surface area contributed by atoms with Crippen molar-refractivity contribution in [2.24, 2.45) is 0 Å². The van der Waals surface area contributed by atoms with Crippen molar-refractivity contribution in [1.82, 2.24) is 4.90 Å². The smallest absolute Gasteiger partial charge is 0.241 e. The van der Waals surface area contributed by atoms with Crippen molar-refractivity contribution in [1.29, 1.82) is 0 Å². The van der Waals surface area contributed by atoms with Crippen LogP contribution in [0.1, 0.15) is 28.7 Å². The zero-order valence-electron chi connectivity index (χ0n) is 23.3. The topological polar surface area (TPSA) is 53.6 Å². The van der Waals surface area contributed by atoms with Crippen LogP contribution in [0.3, 0.4) is 0 Å². The number of benzene rings is 4. The molecule has 2 heterocycles. The third kappa shape index (κ3) is 5.46. The lowest BCUT2D eigenvalue weighted by Gasteiger charge is -2.29. The highest BCUT2D eigenvalue weighted by molar-refractivity contribution is 8.00. The van der Waals surface area contributed by atoms with Gasteiger partial charge in [-0.1, -0.05) is 48.5 Å². The molecular weight excluding hydrogens is 526 g/mol. The lowest BCUT2D eigenvalue weighted by molar-refractivity contribution is -0.121. The maximum Gasteiger partial charge on any atom is 0.241 e. The normalized spacial score (nSPS) is 19.9. The van der Waals surface area contributed by atoms with Crippen molar-refractivity contribution in [2.75, 3.05) is 24.3 Å². The van der Waals surface area contributed by atoms with E-state index in [-0.39, 0.29) is 11.9 Å². The van der Waals surface area contributed by atoms with Gasteiger partial charge in [0.2, 0.25) is 5.91 Å². The van der Waals surface area contributed by atoms with Gasteiger partial charge in [0.25, 0.3) is 0 Å². The molecule has 0 spiro atoms. The number of fused-ring (bicyclic) bond motifs is 3. The van der Waals surface area contributed by atoms with Crippen LogP contribution >= 0.6 is 11.8 Å². The maximum absolute atomic E-state index is 14.0. The molecule has 0 unspecified atom stereocenters. The zero-order chi connectivity index (χ0) is 27.8. The van der Waals surface area contributed by atoms with E-state index in [2.05, 4.69) is 94.4 Å². The summed E-state index contributed by atoms with van der Waals surface area (Å²) in [6, 6.07) is 32.0. The van der Waals surface area contributed by atoms with Crippen molar-refractivity contribution in [3.63, 3.8) is 0 Å². The molecule has 0 radical (unpaired) electrons. The third-order valence-electron chi connectivity index (χ3n) is 8.79. The van der Waals surface area contributed by atoms with Gasteiger partial charge in [0.05, 0.1) is 13.2 Å². The number of amides is 1. The van der Waals surface area contributed by atoms with Crippen LogP contribution in [0.5, 0.6) is 5.75 Å². The fourth-order valence-corrected chi connectivity index (χ4v) is 7.88. The number of likely N-dealkylation sites (tertiary alicyclic amines) is 1. The number of carbonyl (C=O) groups excluding carboxylic acids is 1. The fraction of sp³-hybridized carbons (Fsp3) is 0.286. The summed E-state index contributed by atoms with van der Waals surface area (Å²) in [6.45, 7) is 0.899. The van der Waals surface area contributed by atoms with E-state index in [0.717, 1.165) is 61.5 Å². The minimum Gasteiger partial charge on any atom is -0.497 e. The van der Waals surface area contributed by atoms with Crippen molar-refractivity contribution in [3.8, 4) is 5.75 Å². The number of methoxy groups -OCH3 is 1. The monoisotopic (exact) mass is 561 g/mol. The molecule has 0 aromatic heterocycles. The summed E-state index contributed by atoms with van der Waals surface area (Å²) in [4.78, 5) is 17.7. The lowest BCUT2D eigenvalue weighted by Crippen LogP contribution is -2.46. The second-order valence-corrected chi connectivity index (χ2v) is 12.7. The Balaban J connectivity index is 1.10. The molecule has 6 heteroatoms. The highest BCUT2D eigenvalue weighted by Crippen LogP contribution is 2.38. The Bertz CT molecular complexity index is 1550. The zero-order valence-corrected chi connectivity index (χ0v) is 24.1. The second kappa shape index (κ2) is 11.3. The molecule has 2 atom stereocenters. The number of aryl methyl sites for hydroxylation is 2. The summed E-state index contributed by atoms with van der Waals surface area (Å²) in [7, 11) is 1.69. The van der Waals surface area contributed by atoms with Crippen LogP contribution in [0.15, 0.2) is 95.9 Å². The quantitative estimate of drug-likeness (QED) is 0.269. The number of ether oxygens (including phenoxy) is 1. The van der Waals surface area contributed by atoms with Crippen LogP contribution in [0, 0.1) is 0 Å². The molecule has 5 nitrogen and oxygen atoms in total. The van der Waals surface area contributed by atoms with Gasteiger partial charge in [0, 0.05) is 39.8 Å². The SMILES string of the molecule is COc1ccc(S[C@@H]2C[C@@H](C(=O)Nc3ccc4c(c3)Nc3ccccc3CC4)N(C3Cc4ccccc4C3)C2)cc1. The van der Waals surface area contributed by atoms with Gasteiger partial charge in [-0.25, -0.2) is 0 Å². The van der Waals surface area contributed by atoms with Gasteiger partial charge >= 0.3 is 0 Å². The van der Waals surface area contributed by atoms with E-state index in [9.17, 15) is 4.79 Å². The number of hydrogen-bond donors (Lipinski definition) is 2. The first-order chi connectivity index (χ1) is 20.1. The summed E-state index contributed by atoms with van der Waals surface area (Å²) < 4.78 is 5.34. The van der Waals surface area contributed by atoms with E-state index in [1.165, 1.54) is 27.1 Å². The van der Waals surface area contributed by atoms with Gasteiger partial charge < -0.3 is 15.4 Å². The summed E-state index contributed by atoms with van der Waals surface area (Å²) in [5.41, 5.74) is 8.52. The molecule has 1 aliphatic carbocycles. The number of nitrogens with zero attached hydrogens (tertiary/aromatic N) is 1. The second-order valence-electron chi connectivity index (χ2n) is 11.3. The number of thioether (sulfide) groups is 1. The van der Waals surface area contributed by atoms with Gasteiger partial charge in [-0.3, -0.25) is 9.69 Å². The van der Waals surface area contributed by atoms with E-state index in [0.29, 0.717) is 11.3 Å². The van der Waals surface area contributed by atoms with Gasteiger partial charge in [-0.05, 0) is 96.8 Å². The van der Waals surface area contributed by atoms with Crippen molar-refractivity contribution < 1.29 is 9.53 Å². The Hall–Kier alpha value is -3.74. The molecule has 1 amide bonds. The van der Waals surface area contributed by atoms with Crippen LogP contribution < -0.4 is 15.4 Å². The molecule has 1 saturated heterocycles. The molecule has 2 N–H and O–H groups in total. The molecular formula is C35H35N3O2S. The Kier molecular flexibility index (Phi) is 7.19. The molecule has 3 aliphatic rings. The maximum atomic E-state index is 14.0. The molecule has 1 fully saturated rings. The van der Waals surface area contributed by atoms with Crippen molar-refractivity contribution in [2.45, 2.75) is 54.3 Å². The standard InChI is InChI=1S/C35H35N3O2S/c1-40-29-14-16-30(17-15-29)41-31-21-34(38(22-31)28-18-25-7-2-3-8-26(25)19-28)35(39)36-27-13-12-24-11-10-23-6-4-5-9-32(23)37-33(24)20-27/h2-9,12-17,20,28,31,34,37H,10-11,18-19,21-22H2,1H3,(H,36,39)/t31-,34+/m1/s1. The van der Waals surface area contributed by atoms with Gasteiger partial charge in [0.1, 0.15) is 5.75 Å². The number of carbonyl (C=O) groups is 1. The summed E-state index contributed by atoms with van der Waals surface area (Å²) in [5, 5.41) is 7.27. The van der Waals surface area contributed by atoms with Crippen molar-refractivity contribution in [3.05, 3.63) is 113 Å². The first kappa shape index (κ1) is 26.2. The number of anilines is 3. The Morgan fingerprint density at radius 1 is 0.854 bits per heavy atom. The Labute approximate surface area is 246 Å². The summed E-state index contributed by atoms with van der Waals surface area (Å²) >= 11 is 1.87. The number of para-hydroxylation sites is 1. The molecule has 0 saturated carbocycles. The largest absolute Gasteiger partial charge is 0.497 e. The Morgan fingerprint density at radius 2 is 1.54 bits per heavy atom. The summed E-state index contributed by atoms with van der Waals surface area (Å²) in [5.74, 6) is 0.954. The number of rotatable bonds is 6. The molecule has 2 aliphatic heterocycles. The summed E-state index contributed by atoms with van der Waals surface area (Å²) in [6.07, 6.45) is 4.82. The van der Waals surface area contributed by atoms with Crippen LogP contribution in [-0.2, 0) is 30.5 Å². The van der Waals surface area contributed by atoms with E-state index >= 15 is 0 Å². The predicted octanol–water partition coefficient (Wildman–Crippen LogP) is 6.88. The van der Waals surface area contributed by atoms with Crippen LogP contribution in [0.25, 0.3) is 0 Å². The van der Waals surface area contributed by atoms with Gasteiger partial charge in [-0.2, -0.15) is 0 Å². The highest BCUT2D eigenvalue weighted by atomic mass is 32.2. The van der Waals surface area contributed by atoms with Crippen LogP contribution in [-0.4, -0.2) is 41.8 Å². The minimum absolute atomic E-state index is 0.0905. The highest BCUT2D eigenvalue weighted by Gasteiger charge is 2.42. The first-order valence-electron chi connectivity index (χ1n) is 14.5. The van der Waals surface area contributed by atoms with E-state index in [1.807, 2.05) is 23.9 Å². The van der Waals surface area contributed by atoms with Gasteiger partial charge in [-0.15, -0.1) is 11.8 Å². The minimum atomic E-state index is -0.169. The van der Waals surface area contributed by atoms with Crippen LogP contribution in [0.2, 0.25) is 0 Å².